The molecule has 0 saturated carbocycles. The molecule has 1 aromatic carbocycles. The van der Waals surface area contributed by atoms with Crippen LogP contribution in [0, 0.1) is 11.3 Å². The predicted octanol–water partition coefficient (Wildman–Crippen LogP) is 1.79. The van der Waals surface area contributed by atoms with E-state index in [0.717, 1.165) is 29.7 Å². The fourth-order valence-corrected chi connectivity index (χ4v) is 6.97. The summed E-state index contributed by atoms with van der Waals surface area (Å²) in [6.07, 6.45) is 2.90. The summed E-state index contributed by atoms with van der Waals surface area (Å²) >= 11 is 0. The molecule has 0 bridgehead atoms. The molecule has 2 aromatic rings. The van der Waals surface area contributed by atoms with E-state index in [2.05, 4.69) is 18.8 Å². The largest absolute Gasteiger partial charge is 0.497 e. The zero-order chi connectivity index (χ0) is 24.3. The highest BCUT2D eigenvalue weighted by molar-refractivity contribution is 7.89. The Kier molecular flexibility index (Phi) is 5.41. The summed E-state index contributed by atoms with van der Waals surface area (Å²) in [6, 6.07) is 5.77. The molecule has 0 radical (unpaired) electrons. The Balaban J connectivity index is 1.36. The van der Waals surface area contributed by atoms with E-state index in [1.807, 2.05) is 23.2 Å². The van der Waals surface area contributed by atoms with E-state index in [1.54, 1.807) is 7.11 Å². The molecule has 2 saturated heterocycles. The maximum Gasteiger partial charge on any atom is 0.325 e. The molecule has 2 fully saturated rings. The van der Waals surface area contributed by atoms with Crippen molar-refractivity contribution in [2.24, 2.45) is 11.3 Å². The van der Waals surface area contributed by atoms with Gasteiger partial charge < -0.3 is 19.2 Å². The van der Waals surface area contributed by atoms with Crippen LogP contribution in [0.25, 0.3) is 0 Å². The standard InChI is InChI=1S/C23H29N3O7S/c1-22(2)16-11-23(13-32-19(16)15-10-14(31-3)4-5-17(15)33-22)6-8-26(9-7-23)34(29,30)18-12-24-21(28)25-20(18)27/h4-5,10,12,16,19H,6-9,11,13H2,1-3H3,(H2,24,25,27,28)/t16-,19+/m0/s1. The highest BCUT2D eigenvalue weighted by Crippen LogP contribution is 2.56. The molecular formula is C23H29N3O7S. The number of aromatic amines is 2. The van der Waals surface area contributed by atoms with Crippen LogP contribution >= 0.6 is 0 Å². The van der Waals surface area contributed by atoms with Crippen molar-refractivity contribution in [1.29, 1.82) is 0 Å². The summed E-state index contributed by atoms with van der Waals surface area (Å²) < 4.78 is 45.6. The number of rotatable bonds is 3. The van der Waals surface area contributed by atoms with Gasteiger partial charge in [-0.3, -0.25) is 9.78 Å². The Hall–Kier alpha value is -2.63. The van der Waals surface area contributed by atoms with Crippen molar-refractivity contribution in [2.45, 2.75) is 49.7 Å². The summed E-state index contributed by atoms with van der Waals surface area (Å²) in [7, 11) is -2.39. The van der Waals surface area contributed by atoms with Gasteiger partial charge in [-0.15, -0.1) is 0 Å². The molecule has 0 aliphatic carbocycles. The van der Waals surface area contributed by atoms with Crippen LogP contribution in [0.15, 0.2) is 38.9 Å². The molecule has 184 valence electrons. The monoisotopic (exact) mass is 491 g/mol. The first-order valence-corrected chi connectivity index (χ1v) is 12.8. The summed E-state index contributed by atoms with van der Waals surface area (Å²) in [5.74, 6) is 1.64. The van der Waals surface area contributed by atoms with E-state index in [1.165, 1.54) is 4.31 Å². The van der Waals surface area contributed by atoms with Gasteiger partial charge in [-0.05, 0) is 56.7 Å². The molecule has 1 spiro atoms. The van der Waals surface area contributed by atoms with Crippen molar-refractivity contribution >= 4 is 10.0 Å². The molecule has 34 heavy (non-hydrogen) atoms. The minimum atomic E-state index is -4.02. The van der Waals surface area contributed by atoms with Gasteiger partial charge in [0.25, 0.3) is 5.56 Å². The van der Waals surface area contributed by atoms with E-state index in [4.69, 9.17) is 14.2 Å². The minimum absolute atomic E-state index is 0.0889. The lowest BCUT2D eigenvalue weighted by Crippen LogP contribution is -2.54. The molecule has 2 N–H and O–H groups in total. The van der Waals surface area contributed by atoms with Gasteiger partial charge in [-0.1, -0.05) is 0 Å². The highest BCUT2D eigenvalue weighted by atomic mass is 32.2. The average Bonchev–Trinajstić information content (AvgIpc) is 2.79. The van der Waals surface area contributed by atoms with Gasteiger partial charge >= 0.3 is 5.69 Å². The first-order valence-electron chi connectivity index (χ1n) is 11.4. The quantitative estimate of drug-likeness (QED) is 0.669. The number of benzene rings is 1. The number of H-pyrrole nitrogens is 2. The van der Waals surface area contributed by atoms with E-state index < -0.39 is 31.8 Å². The molecular weight excluding hydrogens is 462 g/mol. The van der Waals surface area contributed by atoms with Crippen molar-refractivity contribution in [2.75, 3.05) is 26.8 Å². The maximum absolute atomic E-state index is 13.0. The Labute approximate surface area is 197 Å². The molecule has 0 unspecified atom stereocenters. The van der Waals surface area contributed by atoms with Crippen molar-refractivity contribution < 1.29 is 22.6 Å². The van der Waals surface area contributed by atoms with Crippen LogP contribution in [0.5, 0.6) is 11.5 Å². The van der Waals surface area contributed by atoms with Gasteiger partial charge in [-0.25, -0.2) is 13.2 Å². The van der Waals surface area contributed by atoms with Gasteiger partial charge in [-0.2, -0.15) is 4.31 Å². The third-order valence-electron chi connectivity index (χ3n) is 7.56. The second kappa shape index (κ2) is 7.96. The van der Waals surface area contributed by atoms with E-state index in [9.17, 15) is 18.0 Å². The van der Waals surface area contributed by atoms with Gasteiger partial charge in [0.05, 0.1) is 19.8 Å². The lowest BCUT2D eigenvalue weighted by Gasteiger charge is -2.54. The molecule has 10 nitrogen and oxygen atoms in total. The van der Waals surface area contributed by atoms with Crippen LogP contribution in [-0.2, 0) is 14.8 Å². The molecule has 4 heterocycles. The zero-order valence-corrected chi connectivity index (χ0v) is 20.2. The number of hydrogen-bond acceptors (Lipinski definition) is 7. The number of aromatic nitrogens is 2. The summed E-state index contributed by atoms with van der Waals surface area (Å²) in [4.78, 5) is 27.1. The van der Waals surface area contributed by atoms with Crippen LogP contribution in [0.3, 0.4) is 0 Å². The third kappa shape index (κ3) is 3.75. The van der Waals surface area contributed by atoms with Crippen molar-refractivity contribution in [3.05, 3.63) is 50.8 Å². The van der Waals surface area contributed by atoms with Crippen LogP contribution in [0.2, 0.25) is 0 Å². The average molecular weight is 492 g/mol. The zero-order valence-electron chi connectivity index (χ0n) is 19.4. The number of nitrogens with one attached hydrogen (secondary N) is 2. The first-order chi connectivity index (χ1) is 16.0. The molecule has 3 aliphatic heterocycles. The van der Waals surface area contributed by atoms with Gasteiger partial charge in [0.1, 0.15) is 17.1 Å². The Morgan fingerprint density at radius 3 is 2.59 bits per heavy atom. The number of ether oxygens (including phenoxy) is 3. The molecule has 5 rings (SSSR count). The predicted molar refractivity (Wildman–Crippen MR) is 123 cm³/mol. The number of nitrogens with zero attached hydrogens (tertiary/aromatic N) is 1. The third-order valence-corrected chi connectivity index (χ3v) is 9.47. The fourth-order valence-electron chi connectivity index (χ4n) is 5.54. The number of sulfonamides is 1. The van der Waals surface area contributed by atoms with Gasteiger partial charge in [0.2, 0.25) is 10.0 Å². The Morgan fingerprint density at radius 2 is 1.91 bits per heavy atom. The van der Waals surface area contributed by atoms with Crippen molar-refractivity contribution in [3.63, 3.8) is 0 Å². The van der Waals surface area contributed by atoms with Crippen molar-refractivity contribution in [1.82, 2.24) is 14.3 Å². The van der Waals surface area contributed by atoms with E-state index >= 15 is 0 Å². The number of methoxy groups -OCH3 is 1. The fraction of sp³-hybridized carbons (Fsp3) is 0.565. The second-order valence-corrected chi connectivity index (χ2v) is 11.9. The molecule has 2 atom stereocenters. The Bertz CT molecular complexity index is 1320. The lowest BCUT2D eigenvalue weighted by atomic mass is 9.64. The maximum atomic E-state index is 13.0. The smallest absolute Gasteiger partial charge is 0.325 e. The summed E-state index contributed by atoms with van der Waals surface area (Å²) in [5, 5.41) is 0. The molecule has 1 aromatic heterocycles. The minimum Gasteiger partial charge on any atom is -0.497 e. The van der Waals surface area contributed by atoms with Gasteiger partial charge in [0, 0.05) is 30.8 Å². The van der Waals surface area contributed by atoms with Crippen molar-refractivity contribution in [3.8, 4) is 11.5 Å². The molecule has 11 heteroatoms. The Morgan fingerprint density at radius 1 is 1.18 bits per heavy atom. The van der Waals surface area contributed by atoms with Crippen LogP contribution in [-0.4, -0.2) is 55.1 Å². The molecule has 0 amide bonds. The lowest BCUT2D eigenvalue weighted by molar-refractivity contribution is -0.172. The van der Waals surface area contributed by atoms with Crippen LogP contribution in [0.4, 0.5) is 0 Å². The summed E-state index contributed by atoms with van der Waals surface area (Å²) in [5.41, 5.74) is -1.31. The summed E-state index contributed by atoms with van der Waals surface area (Å²) in [6.45, 7) is 5.21. The van der Waals surface area contributed by atoms with Crippen LogP contribution in [0.1, 0.15) is 44.8 Å². The topological polar surface area (TPSA) is 131 Å². The van der Waals surface area contributed by atoms with E-state index in [0.29, 0.717) is 19.4 Å². The highest BCUT2D eigenvalue weighted by Gasteiger charge is 2.53. The normalized spacial score (nSPS) is 25.7. The first kappa shape index (κ1) is 23.1. The van der Waals surface area contributed by atoms with E-state index in [-0.39, 0.29) is 30.5 Å². The number of piperidine rings is 1. The van der Waals surface area contributed by atoms with Gasteiger partial charge in [0.15, 0.2) is 4.90 Å². The number of hydrogen-bond donors (Lipinski definition) is 2. The second-order valence-electron chi connectivity index (χ2n) is 9.99. The number of fused-ring (bicyclic) bond motifs is 3. The van der Waals surface area contributed by atoms with Crippen LogP contribution < -0.4 is 20.7 Å². The SMILES string of the molecule is COc1ccc2c(c1)[C@H]1OCC3(CCN(S(=O)(=O)c4c[nH]c(=O)[nH]c4=O)CC3)C[C@@H]1C(C)(C)O2. The molecule has 3 aliphatic rings.